The molecule has 0 radical (unpaired) electrons. The molecule has 1 heterocycles. The highest BCUT2D eigenvalue weighted by Gasteiger charge is 2.33. The molecule has 1 amide bonds. The van der Waals surface area contributed by atoms with Crippen molar-refractivity contribution in [3.05, 3.63) is 65.5 Å². The van der Waals surface area contributed by atoms with E-state index in [0.29, 0.717) is 23.6 Å². The number of aliphatic hydroxyl groups is 2. The highest BCUT2D eigenvalue weighted by Crippen LogP contribution is 2.30. The number of aliphatic hydroxyl groups excluding tert-OH is 2. The molecule has 0 aliphatic rings. The van der Waals surface area contributed by atoms with E-state index in [9.17, 15) is 28.2 Å². The zero-order chi connectivity index (χ0) is 30.0. The highest BCUT2D eigenvalue weighted by atomic mass is 19.4. The van der Waals surface area contributed by atoms with Gasteiger partial charge in [0, 0.05) is 24.3 Å². The lowest BCUT2D eigenvalue weighted by molar-refractivity contribution is -0.141. The van der Waals surface area contributed by atoms with Gasteiger partial charge in [-0.1, -0.05) is 0 Å². The van der Waals surface area contributed by atoms with E-state index in [2.05, 4.69) is 15.3 Å². The van der Waals surface area contributed by atoms with Crippen LogP contribution in [-0.2, 0) is 10.9 Å². The Kier molecular flexibility index (Phi) is 11.2. The molecule has 2 aromatic carbocycles. The van der Waals surface area contributed by atoms with Gasteiger partial charge in [-0.05, 0) is 55.5 Å². The van der Waals surface area contributed by atoms with E-state index in [0.717, 1.165) is 6.07 Å². The summed E-state index contributed by atoms with van der Waals surface area (Å²) in [6.45, 7) is 1.75. The number of halogens is 3. The summed E-state index contributed by atoms with van der Waals surface area (Å²) in [6.07, 6.45) is -6.52. The zero-order valence-electron chi connectivity index (χ0n) is 22.1. The lowest BCUT2D eigenvalue weighted by Crippen LogP contribution is -2.43. The summed E-state index contributed by atoms with van der Waals surface area (Å²) < 4.78 is 56.2. The van der Waals surface area contributed by atoms with Crippen LogP contribution in [0.5, 0.6) is 17.2 Å². The number of hydrogen-bond donors (Lipinski definition) is 5. The fourth-order valence-corrected chi connectivity index (χ4v) is 3.61. The van der Waals surface area contributed by atoms with Crippen molar-refractivity contribution >= 4 is 5.91 Å². The number of nitrogens with zero attached hydrogens (tertiary/aromatic N) is 2. The monoisotopic (exact) mass is 580 g/mol. The number of amides is 1. The third-order valence-corrected chi connectivity index (χ3v) is 5.63. The number of ether oxygens (including phenoxy) is 3. The summed E-state index contributed by atoms with van der Waals surface area (Å²) in [6, 6.07) is 11.0. The minimum absolute atomic E-state index is 0.0267. The van der Waals surface area contributed by atoms with Crippen LogP contribution in [0, 0.1) is 6.92 Å². The molecule has 41 heavy (non-hydrogen) atoms. The first-order chi connectivity index (χ1) is 19.5. The van der Waals surface area contributed by atoms with Gasteiger partial charge in [-0.15, -0.1) is 0 Å². The van der Waals surface area contributed by atoms with E-state index in [4.69, 9.17) is 25.1 Å². The minimum atomic E-state index is -4.61. The number of primary amides is 1. The van der Waals surface area contributed by atoms with Gasteiger partial charge in [0.2, 0.25) is 0 Å². The maximum Gasteiger partial charge on any atom is 0.433 e. The van der Waals surface area contributed by atoms with E-state index in [1.54, 1.807) is 0 Å². The number of carbonyl (C=O) groups is 1. The SMILES string of the molecule is Cc1cc(C(F)(F)F)nc(-c2ccc(OC(COCCO)C(O)CNCCOc3ccc(O)c(C(N)=O)c3)cc2)n1. The predicted octanol–water partition coefficient (Wildman–Crippen LogP) is 2.06. The third-order valence-electron chi connectivity index (χ3n) is 5.63. The Labute approximate surface area is 233 Å². The topological polar surface area (TPSA) is 169 Å². The number of carbonyl (C=O) groups excluding carboxylic acids is 1. The van der Waals surface area contributed by atoms with Crippen LogP contribution in [0.2, 0.25) is 0 Å². The lowest BCUT2D eigenvalue weighted by atomic mass is 10.1. The van der Waals surface area contributed by atoms with Gasteiger partial charge in [-0.3, -0.25) is 4.79 Å². The number of rotatable bonds is 15. The van der Waals surface area contributed by atoms with E-state index in [1.165, 1.54) is 49.4 Å². The van der Waals surface area contributed by atoms with Crippen molar-refractivity contribution in [2.75, 3.05) is 39.5 Å². The molecule has 0 spiro atoms. The largest absolute Gasteiger partial charge is 0.507 e. The molecule has 3 rings (SSSR count). The predicted molar refractivity (Wildman–Crippen MR) is 141 cm³/mol. The van der Waals surface area contributed by atoms with Crippen LogP contribution in [-0.4, -0.2) is 82.9 Å². The van der Waals surface area contributed by atoms with Crippen molar-refractivity contribution in [1.82, 2.24) is 15.3 Å². The van der Waals surface area contributed by atoms with Crippen LogP contribution in [0.15, 0.2) is 48.5 Å². The van der Waals surface area contributed by atoms with Gasteiger partial charge in [0.15, 0.2) is 5.82 Å². The van der Waals surface area contributed by atoms with E-state index < -0.39 is 30.0 Å². The maximum atomic E-state index is 13.1. The van der Waals surface area contributed by atoms with Crippen LogP contribution in [0.4, 0.5) is 13.2 Å². The van der Waals surface area contributed by atoms with Gasteiger partial charge >= 0.3 is 6.18 Å². The molecule has 2 unspecified atom stereocenters. The highest BCUT2D eigenvalue weighted by molar-refractivity contribution is 5.95. The van der Waals surface area contributed by atoms with Gasteiger partial charge in [0.25, 0.3) is 5.91 Å². The van der Waals surface area contributed by atoms with Crippen molar-refractivity contribution < 1.29 is 47.5 Å². The van der Waals surface area contributed by atoms with Crippen molar-refractivity contribution in [3.63, 3.8) is 0 Å². The number of aromatic hydroxyl groups is 1. The second-order valence-electron chi connectivity index (χ2n) is 8.86. The molecular weight excluding hydrogens is 549 g/mol. The Morgan fingerprint density at radius 1 is 1.07 bits per heavy atom. The van der Waals surface area contributed by atoms with Crippen LogP contribution < -0.4 is 20.5 Å². The number of phenols is 1. The number of aromatic nitrogens is 2. The van der Waals surface area contributed by atoms with Gasteiger partial charge < -0.3 is 40.6 Å². The zero-order valence-corrected chi connectivity index (χ0v) is 22.1. The number of nitrogens with two attached hydrogens (primary N) is 1. The first-order valence-electron chi connectivity index (χ1n) is 12.5. The smallest absolute Gasteiger partial charge is 0.433 e. The molecular formula is C27H31F3N4O7. The number of nitrogens with one attached hydrogen (secondary N) is 1. The molecule has 1 aromatic heterocycles. The molecule has 0 aliphatic carbocycles. The lowest BCUT2D eigenvalue weighted by Gasteiger charge is -2.24. The number of benzene rings is 2. The third kappa shape index (κ3) is 9.56. The Morgan fingerprint density at radius 3 is 2.44 bits per heavy atom. The summed E-state index contributed by atoms with van der Waals surface area (Å²) in [5, 5.41) is 32.4. The minimum Gasteiger partial charge on any atom is -0.507 e. The van der Waals surface area contributed by atoms with E-state index in [-0.39, 0.29) is 55.8 Å². The summed E-state index contributed by atoms with van der Waals surface area (Å²) >= 11 is 0. The Hall–Kier alpha value is -3.98. The fraction of sp³-hybridized carbons (Fsp3) is 0.370. The second kappa shape index (κ2) is 14.6. The molecule has 14 heteroatoms. The van der Waals surface area contributed by atoms with Crippen molar-refractivity contribution in [2.24, 2.45) is 5.73 Å². The van der Waals surface area contributed by atoms with Gasteiger partial charge in [-0.2, -0.15) is 13.2 Å². The molecule has 0 bridgehead atoms. The standard InChI is InChI=1S/C27H31F3N4O7/c1-16-12-24(27(28,29)30)34-26(33-16)17-2-4-18(5-3-17)41-23(15-39-11-9-35)22(37)14-32-8-10-40-19-6-7-21(36)20(13-19)25(31)38/h2-7,12-13,22-23,32,35-37H,8-11,14-15H2,1H3,(H2,31,38). The molecule has 11 nitrogen and oxygen atoms in total. The number of alkyl halides is 3. The molecule has 3 aromatic rings. The second-order valence-corrected chi connectivity index (χ2v) is 8.86. The summed E-state index contributed by atoms with van der Waals surface area (Å²) in [5.41, 5.74) is 4.61. The average Bonchev–Trinajstić information content (AvgIpc) is 2.92. The molecule has 6 N–H and O–H groups in total. The van der Waals surface area contributed by atoms with Gasteiger partial charge in [0.1, 0.15) is 41.8 Å². The molecule has 0 saturated heterocycles. The van der Waals surface area contributed by atoms with E-state index in [1.807, 2.05) is 0 Å². The summed E-state index contributed by atoms with van der Waals surface area (Å²) in [5.74, 6) is -0.496. The van der Waals surface area contributed by atoms with Crippen molar-refractivity contribution in [2.45, 2.75) is 25.3 Å². The normalized spacial score (nSPS) is 13.0. The first-order valence-corrected chi connectivity index (χ1v) is 12.5. The number of aryl methyl sites for hydroxylation is 1. The summed E-state index contributed by atoms with van der Waals surface area (Å²) in [4.78, 5) is 19.0. The molecule has 0 aliphatic heterocycles. The Morgan fingerprint density at radius 2 is 1.78 bits per heavy atom. The molecule has 222 valence electrons. The van der Waals surface area contributed by atoms with Crippen molar-refractivity contribution in [1.29, 1.82) is 0 Å². The van der Waals surface area contributed by atoms with Crippen LogP contribution >= 0.6 is 0 Å². The fourth-order valence-electron chi connectivity index (χ4n) is 3.61. The summed E-state index contributed by atoms with van der Waals surface area (Å²) in [7, 11) is 0. The first kappa shape index (κ1) is 31.5. The van der Waals surface area contributed by atoms with E-state index >= 15 is 0 Å². The number of hydrogen-bond acceptors (Lipinski definition) is 10. The quantitative estimate of drug-likeness (QED) is 0.168. The van der Waals surface area contributed by atoms with Gasteiger partial charge in [0.05, 0.1) is 25.4 Å². The van der Waals surface area contributed by atoms with Crippen LogP contribution in [0.1, 0.15) is 21.7 Å². The van der Waals surface area contributed by atoms with Crippen LogP contribution in [0.25, 0.3) is 11.4 Å². The molecule has 0 saturated carbocycles. The Balaban J connectivity index is 1.57. The maximum absolute atomic E-state index is 13.1. The Bertz CT molecular complexity index is 1290. The van der Waals surface area contributed by atoms with Crippen molar-refractivity contribution in [3.8, 4) is 28.6 Å². The van der Waals surface area contributed by atoms with Crippen LogP contribution in [0.3, 0.4) is 0 Å². The van der Waals surface area contributed by atoms with Gasteiger partial charge in [-0.25, -0.2) is 9.97 Å². The molecule has 0 fully saturated rings. The average molecular weight is 581 g/mol. The molecule has 2 atom stereocenters.